The zero-order valence-corrected chi connectivity index (χ0v) is 11.9. The second-order valence-corrected chi connectivity index (χ2v) is 5.07. The molecule has 7 heteroatoms. The van der Waals surface area contributed by atoms with Gasteiger partial charge in [0.15, 0.2) is 11.3 Å². The fourth-order valence-corrected chi connectivity index (χ4v) is 2.18. The number of carbonyl (C=O) groups is 1. The van der Waals surface area contributed by atoms with Crippen molar-refractivity contribution in [3.8, 4) is 0 Å². The summed E-state index contributed by atoms with van der Waals surface area (Å²) in [6.45, 7) is 3.89. The first-order valence-electron chi connectivity index (χ1n) is 6.74. The maximum Gasteiger partial charge on any atom is 0.272 e. The van der Waals surface area contributed by atoms with Gasteiger partial charge in [-0.05, 0) is 26.0 Å². The number of rotatable bonds is 4. The fourth-order valence-electron chi connectivity index (χ4n) is 2.18. The Hall–Kier alpha value is -2.70. The van der Waals surface area contributed by atoms with Gasteiger partial charge in [-0.3, -0.25) is 9.89 Å². The van der Waals surface area contributed by atoms with Crippen molar-refractivity contribution >= 4 is 11.6 Å². The number of nitrogens with one attached hydrogen (secondary N) is 2. The number of nitrogens with zero attached hydrogens (tertiary/aromatic N) is 4. The summed E-state index contributed by atoms with van der Waals surface area (Å²) in [5.41, 5.74) is 2.95. The van der Waals surface area contributed by atoms with Gasteiger partial charge in [-0.15, -0.1) is 0 Å². The largest absolute Gasteiger partial charge is 0.348 e. The molecule has 0 aliphatic rings. The van der Waals surface area contributed by atoms with Crippen molar-refractivity contribution in [1.29, 1.82) is 0 Å². The zero-order chi connectivity index (χ0) is 14.8. The van der Waals surface area contributed by atoms with Crippen LogP contribution in [0.1, 0.15) is 28.8 Å². The van der Waals surface area contributed by atoms with Gasteiger partial charge in [0.25, 0.3) is 5.91 Å². The number of fused-ring (bicyclic) bond motifs is 1. The third kappa shape index (κ3) is 2.91. The van der Waals surface area contributed by atoms with E-state index < -0.39 is 0 Å². The number of hydrogen-bond acceptors (Lipinski definition) is 4. The summed E-state index contributed by atoms with van der Waals surface area (Å²) < 4.78 is 1.58. The van der Waals surface area contributed by atoms with E-state index in [1.54, 1.807) is 29.0 Å². The SMILES string of the molecule is Cc1cc(C[C@H](C)NC(=O)c2cc3ncccn3n2)n[nH]1. The normalized spacial score (nSPS) is 12.5. The van der Waals surface area contributed by atoms with Crippen LogP contribution in [0.25, 0.3) is 5.65 Å². The Labute approximate surface area is 121 Å². The van der Waals surface area contributed by atoms with Crippen molar-refractivity contribution in [2.45, 2.75) is 26.3 Å². The molecule has 1 amide bonds. The lowest BCUT2D eigenvalue weighted by Crippen LogP contribution is -2.34. The van der Waals surface area contributed by atoms with Crippen LogP contribution in [-0.4, -0.2) is 36.7 Å². The molecule has 1 atom stereocenters. The molecule has 3 rings (SSSR count). The van der Waals surface area contributed by atoms with Gasteiger partial charge in [0.1, 0.15) is 0 Å². The van der Waals surface area contributed by atoms with Crippen LogP contribution in [0.2, 0.25) is 0 Å². The molecule has 0 fully saturated rings. The zero-order valence-electron chi connectivity index (χ0n) is 11.9. The van der Waals surface area contributed by atoms with E-state index in [0.717, 1.165) is 11.4 Å². The minimum Gasteiger partial charge on any atom is -0.348 e. The highest BCUT2D eigenvalue weighted by atomic mass is 16.2. The summed E-state index contributed by atoms with van der Waals surface area (Å²) in [6.07, 6.45) is 4.10. The van der Waals surface area contributed by atoms with E-state index in [0.29, 0.717) is 17.8 Å². The van der Waals surface area contributed by atoms with Crippen molar-refractivity contribution < 1.29 is 4.79 Å². The standard InChI is InChI=1S/C14H16N6O/c1-9(6-11-7-10(2)17-18-11)16-14(21)12-8-13-15-4-3-5-20(13)19-12/h3-5,7-9H,6H2,1-2H3,(H,16,21)(H,17,18)/t9-/m0/s1. The van der Waals surface area contributed by atoms with Crippen LogP contribution in [0, 0.1) is 6.92 Å². The Bertz CT molecular complexity index is 741. The lowest BCUT2D eigenvalue weighted by atomic mass is 10.1. The van der Waals surface area contributed by atoms with Crippen molar-refractivity contribution in [3.63, 3.8) is 0 Å². The molecule has 0 spiro atoms. The van der Waals surface area contributed by atoms with E-state index in [4.69, 9.17) is 0 Å². The van der Waals surface area contributed by atoms with Crippen molar-refractivity contribution in [2.24, 2.45) is 0 Å². The van der Waals surface area contributed by atoms with E-state index in [9.17, 15) is 4.79 Å². The quantitative estimate of drug-likeness (QED) is 0.751. The maximum atomic E-state index is 12.2. The summed E-state index contributed by atoms with van der Waals surface area (Å²) in [6, 6.07) is 5.38. The summed E-state index contributed by atoms with van der Waals surface area (Å²) in [7, 11) is 0. The molecule has 7 nitrogen and oxygen atoms in total. The molecule has 0 saturated carbocycles. The van der Waals surface area contributed by atoms with E-state index in [1.807, 2.05) is 19.9 Å². The molecule has 21 heavy (non-hydrogen) atoms. The van der Waals surface area contributed by atoms with E-state index in [1.165, 1.54) is 0 Å². The van der Waals surface area contributed by atoms with E-state index in [2.05, 4.69) is 25.6 Å². The molecule has 3 aromatic heterocycles. The molecule has 0 bridgehead atoms. The van der Waals surface area contributed by atoms with Crippen LogP contribution in [0.15, 0.2) is 30.6 Å². The van der Waals surface area contributed by atoms with Gasteiger partial charge < -0.3 is 5.32 Å². The average Bonchev–Trinajstić information content (AvgIpc) is 3.04. The van der Waals surface area contributed by atoms with Gasteiger partial charge in [-0.25, -0.2) is 9.50 Å². The lowest BCUT2D eigenvalue weighted by molar-refractivity contribution is 0.0934. The topological polar surface area (TPSA) is 88.0 Å². The predicted molar refractivity (Wildman–Crippen MR) is 76.9 cm³/mol. The molecule has 0 saturated heterocycles. The molecule has 0 aliphatic carbocycles. The van der Waals surface area contributed by atoms with E-state index >= 15 is 0 Å². The van der Waals surface area contributed by atoms with Gasteiger partial charge in [-0.2, -0.15) is 10.2 Å². The third-order valence-electron chi connectivity index (χ3n) is 3.12. The molecule has 0 aliphatic heterocycles. The van der Waals surface area contributed by atoms with Crippen LogP contribution < -0.4 is 5.32 Å². The van der Waals surface area contributed by atoms with Gasteiger partial charge in [-0.1, -0.05) is 0 Å². The molecule has 2 N–H and O–H groups in total. The van der Waals surface area contributed by atoms with Crippen LogP contribution in [0.4, 0.5) is 0 Å². The van der Waals surface area contributed by atoms with Crippen LogP contribution in [-0.2, 0) is 6.42 Å². The molecule has 0 aromatic carbocycles. The lowest BCUT2D eigenvalue weighted by Gasteiger charge is -2.10. The maximum absolute atomic E-state index is 12.2. The molecule has 108 valence electrons. The second-order valence-electron chi connectivity index (χ2n) is 5.07. The highest BCUT2D eigenvalue weighted by Crippen LogP contribution is 2.05. The van der Waals surface area contributed by atoms with Crippen LogP contribution in [0.5, 0.6) is 0 Å². The molecule has 3 heterocycles. The first kappa shape index (κ1) is 13.3. The predicted octanol–water partition coefficient (Wildman–Crippen LogP) is 1.12. The van der Waals surface area contributed by atoms with Gasteiger partial charge >= 0.3 is 0 Å². The molecular formula is C14H16N6O. The number of H-pyrrole nitrogens is 1. The van der Waals surface area contributed by atoms with Gasteiger partial charge in [0.2, 0.25) is 0 Å². The smallest absolute Gasteiger partial charge is 0.272 e. The summed E-state index contributed by atoms with van der Waals surface area (Å²) in [5.74, 6) is -0.208. The average molecular weight is 284 g/mol. The van der Waals surface area contributed by atoms with E-state index in [-0.39, 0.29) is 11.9 Å². The van der Waals surface area contributed by atoms with Gasteiger partial charge in [0, 0.05) is 36.6 Å². The Morgan fingerprint density at radius 3 is 3.05 bits per heavy atom. The molecule has 0 unspecified atom stereocenters. The number of aromatic amines is 1. The first-order valence-corrected chi connectivity index (χ1v) is 6.74. The number of aromatic nitrogens is 5. The Balaban J connectivity index is 1.67. The monoisotopic (exact) mass is 284 g/mol. The minimum atomic E-state index is -0.208. The summed E-state index contributed by atoms with van der Waals surface area (Å²) in [4.78, 5) is 16.3. The highest BCUT2D eigenvalue weighted by Gasteiger charge is 2.15. The molecule has 0 radical (unpaired) electrons. The third-order valence-corrected chi connectivity index (χ3v) is 3.12. The van der Waals surface area contributed by atoms with Crippen LogP contribution in [0.3, 0.4) is 0 Å². The second kappa shape index (κ2) is 5.35. The Morgan fingerprint density at radius 2 is 2.33 bits per heavy atom. The highest BCUT2D eigenvalue weighted by molar-refractivity contribution is 5.93. The number of amides is 1. The summed E-state index contributed by atoms with van der Waals surface area (Å²) >= 11 is 0. The first-order chi connectivity index (χ1) is 10.1. The molecular weight excluding hydrogens is 268 g/mol. The van der Waals surface area contributed by atoms with Gasteiger partial charge in [0.05, 0.1) is 5.69 Å². The molecule has 3 aromatic rings. The van der Waals surface area contributed by atoms with Crippen molar-refractivity contribution in [3.05, 3.63) is 47.7 Å². The Morgan fingerprint density at radius 1 is 1.48 bits per heavy atom. The minimum absolute atomic E-state index is 0.0297. The fraction of sp³-hybridized carbons (Fsp3) is 0.286. The van der Waals surface area contributed by atoms with Crippen molar-refractivity contribution in [1.82, 2.24) is 30.1 Å². The van der Waals surface area contributed by atoms with Crippen LogP contribution >= 0.6 is 0 Å². The van der Waals surface area contributed by atoms with Crippen molar-refractivity contribution in [2.75, 3.05) is 0 Å². The number of carbonyl (C=O) groups excluding carboxylic acids is 1. The number of hydrogen-bond donors (Lipinski definition) is 2. The number of aryl methyl sites for hydroxylation is 1. The Kier molecular flexibility index (Phi) is 3.39. The summed E-state index contributed by atoms with van der Waals surface area (Å²) in [5, 5.41) is 14.2.